The van der Waals surface area contributed by atoms with E-state index in [4.69, 9.17) is 24.7 Å². The standard InChI is InChI=1S/C27H25NO8.BrH/c28-24-23(36-27(32)19-14-8-3-9-15-19)22(35-26(31)18-12-6-2-7-13-18)21(29)20(34-24)16-33-25(30)17-10-4-1-5-11-17;/h1-15,20-24,29H,16,28H2;1H. The summed E-state index contributed by atoms with van der Waals surface area (Å²) in [5.74, 6) is -2.12. The van der Waals surface area contributed by atoms with E-state index in [1.807, 2.05) is 0 Å². The second kappa shape index (κ2) is 13.1. The van der Waals surface area contributed by atoms with Gasteiger partial charge in [-0.2, -0.15) is 0 Å². The van der Waals surface area contributed by atoms with Crippen molar-refractivity contribution >= 4 is 34.9 Å². The van der Waals surface area contributed by atoms with E-state index in [1.165, 1.54) is 12.1 Å². The first-order valence-corrected chi connectivity index (χ1v) is 11.3. The van der Waals surface area contributed by atoms with Gasteiger partial charge in [-0.25, -0.2) is 14.4 Å². The average Bonchev–Trinajstić information content (AvgIpc) is 2.92. The minimum Gasteiger partial charge on any atom is -0.459 e. The Morgan fingerprint density at radius 1 is 0.703 bits per heavy atom. The summed E-state index contributed by atoms with van der Waals surface area (Å²) in [6.07, 6.45) is -6.67. The average molecular weight is 572 g/mol. The van der Waals surface area contributed by atoms with Gasteiger partial charge in [0.15, 0.2) is 12.2 Å². The lowest BCUT2D eigenvalue weighted by atomic mass is 9.97. The van der Waals surface area contributed by atoms with Crippen molar-refractivity contribution in [3.63, 3.8) is 0 Å². The van der Waals surface area contributed by atoms with Crippen LogP contribution in [0, 0.1) is 0 Å². The van der Waals surface area contributed by atoms with Crippen molar-refractivity contribution in [3.8, 4) is 0 Å². The van der Waals surface area contributed by atoms with Crippen LogP contribution in [0.25, 0.3) is 0 Å². The maximum Gasteiger partial charge on any atom is 0.338 e. The Kier molecular flexibility index (Phi) is 9.93. The van der Waals surface area contributed by atoms with Gasteiger partial charge in [0, 0.05) is 0 Å². The van der Waals surface area contributed by atoms with Crippen LogP contribution >= 0.6 is 17.0 Å². The molecule has 1 saturated heterocycles. The van der Waals surface area contributed by atoms with Gasteiger partial charge in [-0.05, 0) is 36.4 Å². The summed E-state index contributed by atoms with van der Waals surface area (Å²) in [5, 5.41) is 11.0. The summed E-state index contributed by atoms with van der Waals surface area (Å²) in [6, 6.07) is 24.6. The monoisotopic (exact) mass is 571 g/mol. The molecule has 0 amide bonds. The van der Waals surface area contributed by atoms with E-state index in [9.17, 15) is 19.5 Å². The van der Waals surface area contributed by atoms with Crippen LogP contribution < -0.4 is 5.73 Å². The molecule has 1 heterocycles. The number of nitrogens with two attached hydrogens (primary N) is 1. The molecular weight excluding hydrogens is 546 g/mol. The van der Waals surface area contributed by atoms with Crippen molar-refractivity contribution in [2.24, 2.45) is 5.73 Å². The first-order valence-electron chi connectivity index (χ1n) is 11.3. The SMILES string of the molecule is Br.NC1OC(COC(=O)c2ccccc2)C(O)C(OC(=O)c2ccccc2)C1OC(=O)c1ccccc1. The molecular formula is C27H26BrNO8. The van der Waals surface area contributed by atoms with Gasteiger partial charge in [-0.15, -0.1) is 17.0 Å². The molecule has 0 saturated carbocycles. The summed E-state index contributed by atoms with van der Waals surface area (Å²) in [5.41, 5.74) is 6.92. The number of halogens is 1. The Labute approximate surface area is 223 Å². The lowest BCUT2D eigenvalue weighted by Crippen LogP contribution is -2.63. The maximum absolute atomic E-state index is 12.8. The van der Waals surface area contributed by atoms with Crippen molar-refractivity contribution in [1.82, 2.24) is 0 Å². The molecule has 1 aliphatic heterocycles. The molecule has 3 N–H and O–H groups in total. The van der Waals surface area contributed by atoms with Crippen LogP contribution in [0.1, 0.15) is 31.1 Å². The minimum atomic E-state index is -1.52. The molecule has 9 nitrogen and oxygen atoms in total. The Morgan fingerprint density at radius 2 is 1.11 bits per heavy atom. The molecule has 5 atom stereocenters. The van der Waals surface area contributed by atoms with Gasteiger partial charge in [-0.3, -0.25) is 0 Å². The van der Waals surface area contributed by atoms with E-state index >= 15 is 0 Å². The van der Waals surface area contributed by atoms with Crippen LogP contribution in [-0.2, 0) is 18.9 Å². The van der Waals surface area contributed by atoms with E-state index in [0.29, 0.717) is 5.56 Å². The van der Waals surface area contributed by atoms with Crippen molar-refractivity contribution < 1.29 is 38.4 Å². The fraction of sp³-hybridized carbons (Fsp3) is 0.222. The van der Waals surface area contributed by atoms with Crippen molar-refractivity contribution in [1.29, 1.82) is 0 Å². The van der Waals surface area contributed by atoms with E-state index in [1.54, 1.807) is 78.9 Å². The third kappa shape index (κ3) is 7.01. The number of hydrogen-bond donors (Lipinski definition) is 2. The summed E-state index contributed by atoms with van der Waals surface area (Å²) in [4.78, 5) is 37.8. The molecule has 194 valence electrons. The zero-order valence-corrected chi connectivity index (χ0v) is 21.3. The molecule has 5 unspecified atom stereocenters. The third-order valence-electron chi connectivity index (χ3n) is 5.59. The number of ether oxygens (including phenoxy) is 4. The molecule has 0 radical (unpaired) electrons. The highest BCUT2D eigenvalue weighted by atomic mass is 79.9. The van der Waals surface area contributed by atoms with Gasteiger partial charge in [0.05, 0.1) is 16.7 Å². The zero-order chi connectivity index (χ0) is 25.5. The van der Waals surface area contributed by atoms with Crippen LogP contribution in [0.5, 0.6) is 0 Å². The molecule has 0 bridgehead atoms. The number of aliphatic hydroxyl groups is 1. The Bertz CT molecular complexity index is 1180. The highest BCUT2D eigenvalue weighted by molar-refractivity contribution is 8.93. The van der Waals surface area contributed by atoms with Gasteiger partial charge < -0.3 is 29.8 Å². The van der Waals surface area contributed by atoms with E-state index in [0.717, 1.165) is 0 Å². The number of carbonyl (C=O) groups is 3. The molecule has 37 heavy (non-hydrogen) atoms. The topological polar surface area (TPSA) is 134 Å². The Balaban J connectivity index is 0.00000380. The fourth-order valence-electron chi connectivity index (χ4n) is 3.71. The Morgan fingerprint density at radius 3 is 1.57 bits per heavy atom. The van der Waals surface area contributed by atoms with Crippen LogP contribution in [-0.4, -0.2) is 60.3 Å². The smallest absolute Gasteiger partial charge is 0.338 e. The summed E-state index contributed by atoms with van der Waals surface area (Å²) in [7, 11) is 0. The van der Waals surface area contributed by atoms with Crippen molar-refractivity contribution in [2.75, 3.05) is 6.61 Å². The quantitative estimate of drug-likeness (QED) is 0.324. The second-order valence-electron chi connectivity index (χ2n) is 8.07. The van der Waals surface area contributed by atoms with E-state index in [-0.39, 0.29) is 34.7 Å². The predicted molar refractivity (Wildman–Crippen MR) is 137 cm³/mol. The molecule has 1 fully saturated rings. The van der Waals surface area contributed by atoms with Gasteiger partial charge in [0.1, 0.15) is 25.0 Å². The molecule has 0 aliphatic carbocycles. The highest BCUT2D eigenvalue weighted by Gasteiger charge is 2.49. The fourth-order valence-corrected chi connectivity index (χ4v) is 3.71. The predicted octanol–water partition coefficient (Wildman–Crippen LogP) is 2.92. The molecule has 1 aliphatic rings. The van der Waals surface area contributed by atoms with Crippen LogP contribution in [0.15, 0.2) is 91.0 Å². The Hall–Kier alpha value is -3.57. The van der Waals surface area contributed by atoms with Gasteiger partial charge in [0.2, 0.25) is 0 Å². The number of benzene rings is 3. The van der Waals surface area contributed by atoms with Crippen LogP contribution in [0.3, 0.4) is 0 Å². The summed E-state index contributed by atoms with van der Waals surface area (Å²) < 4.78 is 22.0. The first kappa shape index (κ1) is 28.0. The second-order valence-corrected chi connectivity index (χ2v) is 8.07. The van der Waals surface area contributed by atoms with Gasteiger partial charge in [0.25, 0.3) is 0 Å². The number of hydrogen-bond acceptors (Lipinski definition) is 9. The van der Waals surface area contributed by atoms with E-state index < -0.39 is 48.6 Å². The molecule has 3 aromatic carbocycles. The number of esters is 3. The summed E-state index contributed by atoms with van der Waals surface area (Å²) in [6.45, 7) is -0.374. The van der Waals surface area contributed by atoms with Crippen LogP contribution in [0.4, 0.5) is 0 Å². The minimum absolute atomic E-state index is 0. The molecule has 4 rings (SSSR count). The highest BCUT2D eigenvalue weighted by Crippen LogP contribution is 2.26. The molecule has 0 spiro atoms. The largest absolute Gasteiger partial charge is 0.459 e. The van der Waals surface area contributed by atoms with Crippen LogP contribution in [0.2, 0.25) is 0 Å². The third-order valence-corrected chi connectivity index (χ3v) is 5.59. The lowest BCUT2D eigenvalue weighted by molar-refractivity contribution is -0.227. The van der Waals surface area contributed by atoms with Gasteiger partial charge >= 0.3 is 17.9 Å². The molecule has 3 aromatic rings. The van der Waals surface area contributed by atoms with E-state index in [2.05, 4.69) is 0 Å². The van der Waals surface area contributed by atoms with Crippen molar-refractivity contribution in [3.05, 3.63) is 108 Å². The number of rotatable bonds is 7. The molecule has 0 aromatic heterocycles. The maximum atomic E-state index is 12.8. The first-order chi connectivity index (χ1) is 17.4. The summed E-state index contributed by atoms with van der Waals surface area (Å²) >= 11 is 0. The lowest BCUT2D eigenvalue weighted by Gasteiger charge is -2.42. The van der Waals surface area contributed by atoms with Gasteiger partial charge in [-0.1, -0.05) is 54.6 Å². The normalized spacial score (nSPS) is 22.7. The number of carbonyl (C=O) groups excluding carboxylic acids is 3. The molecule has 10 heteroatoms. The number of aliphatic hydroxyl groups excluding tert-OH is 1. The van der Waals surface area contributed by atoms with Crippen molar-refractivity contribution in [2.45, 2.75) is 30.6 Å². The zero-order valence-electron chi connectivity index (χ0n) is 19.5.